The number of carbonyl (C=O) groups is 2. The molecule has 0 unspecified atom stereocenters. The topological polar surface area (TPSA) is 113 Å². The van der Waals surface area contributed by atoms with Crippen molar-refractivity contribution in [3.05, 3.63) is 71.8 Å². The van der Waals surface area contributed by atoms with Crippen LogP contribution in [-0.2, 0) is 24.2 Å². The molecular formula is C35H54N8O2. The van der Waals surface area contributed by atoms with Crippen molar-refractivity contribution in [3.8, 4) is 0 Å². The molecule has 0 atom stereocenters. The van der Waals surface area contributed by atoms with E-state index in [2.05, 4.69) is 61.0 Å². The third-order valence-electron chi connectivity index (χ3n) is 8.47. The fourth-order valence-corrected chi connectivity index (χ4v) is 6.31. The fraction of sp³-hybridized carbons (Fsp3) is 0.600. The maximum absolute atomic E-state index is 13.9. The average molecular weight is 619 g/mol. The molecule has 3 aromatic rings. The molecular weight excluding hydrogens is 564 g/mol. The van der Waals surface area contributed by atoms with Gasteiger partial charge in [-0.2, -0.15) is 0 Å². The number of H-pyrrole nitrogens is 2. The van der Waals surface area contributed by atoms with Crippen LogP contribution in [0.1, 0.15) is 80.4 Å². The second-order valence-electron chi connectivity index (χ2n) is 13.0. The molecule has 0 aliphatic carbocycles. The smallest absolute Gasteiger partial charge is 0.253 e. The van der Waals surface area contributed by atoms with Crippen LogP contribution in [0.25, 0.3) is 0 Å². The van der Waals surface area contributed by atoms with Crippen LogP contribution >= 0.6 is 0 Å². The first kappa shape index (κ1) is 34.4. The fourth-order valence-electron chi connectivity index (χ4n) is 6.31. The van der Waals surface area contributed by atoms with Crippen molar-refractivity contribution in [2.24, 2.45) is 11.8 Å². The first-order chi connectivity index (χ1) is 21.9. The lowest BCUT2D eigenvalue weighted by atomic mass is 9.99. The lowest BCUT2D eigenvalue weighted by Crippen LogP contribution is -2.41. The van der Waals surface area contributed by atoms with Gasteiger partial charge in [0, 0.05) is 82.8 Å². The SMILES string of the molecule is CC(=O)NCCN(CC(Cc1ncc[nH]1)Cc1ncc[nH]1)C(=O)c1ccc(CN2CCCCCN(CC(C)C)CCCC2)cc1. The molecule has 4 rings (SSSR count). The predicted octanol–water partition coefficient (Wildman–Crippen LogP) is 4.54. The Balaban J connectivity index is 1.39. The maximum atomic E-state index is 13.9. The zero-order valence-electron chi connectivity index (χ0n) is 27.6. The Morgan fingerprint density at radius 2 is 1.44 bits per heavy atom. The van der Waals surface area contributed by atoms with Crippen LogP contribution < -0.4 is 5.32 Å². The summed E-state index contributed by atoms with van der Waals surface area (Å²) >= 11 is 0. The molecule has 45 heavy (non-hydrogen) atoms. The molecule has 246 valence electrons. The van der Waals surface area contributed by atoms with E-state index < -0.39 is 0 Å². The van der Waals surface area contributed by atoms with Crippen LogP contribution in [0.3, 0.4) is 0 Å². The van der Waals surface area contributed by atoms with Gasteiger partial charge in [0.1, 0.15) is 11.6 Å². The van der Waals surface area contributed by atoms with Gasteiger partial charge in [-0.15, -0.1) is 0 Å². The molecule has 0 spiro atoms. The molecule has 0 saturated carbocycles. The largest absolute Gasteiger partial charge is 0.355 e. The van der Waals surface area contributed by atoms with E-state index in [-0.39, 0.29) is 17.7 Å². The van der Waals surface area contributed by atoms with Crippen molar-refractivity contribution in [2.45, 2.75) is 72.3 Å². The monoisotopic (exact) mass is 618 g/mol. The van der Waals surface area contributed by atoms with Crippen LogP contribution in [0.5, 0.6) is 0 Å². The molecule has 3 heterocycles. The van der Waals surface area contributed by atoms with Crippen LogP contribution in [0, 0.1) is 11.8 Å². The summed E-state index contributed by atoms with van der Waals surface area (Å²) in [7, 11) is 0. The Hall–Kier alpha value is -3.50. The Morgan fingerprint density at radius 1 is 0.867 bits per heavy atom. The highest BCUT2D eigenvalue weighted by atomic mass is 16.2. The molecule has 0 radical (unpaired) electrons. The molecule has 1 aliphatic rings. The van der Waals surface area contributed by atoms with Crippen molar-refractivity contribution >= 4 is 11.8 Å². The van der Waals surface area contributed by atoms with Gasteiger partial charge in [0.25, 0.3) is 5.91 Å². The Labute approximate surface area is 269 Å². The number of amides is 2. The van der Waals surface area contributed by atoms with E-state index >= 15 is 0 Å². The molecule has 1 aromatic carbocycles. The van der Waals surface area contributed by atoms with Crippen molar-refractivity contribution in [1.29, 1.82) is 0 Å². The first-order valence-electron chi connectivity index (χ1n) is 16.9. The number of hydrogen-bond donors (Lipinski definition) is 3. The molecule has 1 fully saturated rings. The second-order valence-corrected chi connectivity index (χ2v) is 13.0. The summed E-state index contributed by atoms with van der Waals surface area (Å²) in [6.07, 6.45) is 14.7. The minimum absolute atomic E-state index is 0.0306. The standard InChI is InChI=1S/C35H54N8O2/c1-28(2)25-41-18-5-4-6-19-42(21-8-7-20-41)26-30-9-11-32(12-10-30)35(45)43(22-17-36-29(3)44)27-31(23-33-37-13-14-38-33)24-34-39-15-16-40-34/h9-16,28,31H,4-8,17-27H2,1-3H3,(H,36,44)(H,37,38)(H,39,40). The van der Waals surface area contributed by atoms with E-state index in [9.17, 15) is 9.59 Å². The Kier molecular flexibility index (Phi) is 14.1. The highest BCUT2D eigenvalue weighted by Gasteiger charge is 2.23. The van der Waals surface area contributed by atoms with Crippen LogP contribution in [0.4, 0.5) is 0 Å². The van der Waals surface area contributed by atoms with Gasteiger partial charge in [0.05, 0.1) is 0 Å². The zero-order valence-corrected chi connectivity index (χ0v) is 27.6. The first-order valence-corrected chi connectivity index (χ1v) is 16.9. The highest BCUT2D eigenvalue weighted by Crippen LogP contribution is 2.17. The third-order valence-corrected chi connectivity index (χ3v) is 8.47. The lowest BCUT2D eigenvalue weighted by molar-refractivity contribution is -0.119. The molecule has 2 amide bonds. The summed E-state index contributed by atoms with van der Waals surface area (Å²) in [6, 6.07) is 8.15. The molecule has 0 bridgehead atoms. The highest BCUT2D eigenvalue weighted by molar-refractivity contribution is 5.94. The summed E-state index contributed by atoms with van der Waals surface area (Å²) < 4.78 is 0. The predicted molar refractivity (Wildman–Crippen MR) is 179 cm³/mol. The van der Waals surface area contributed by atoms with Crippen molar-refractivity contribution < 1.29 is 9.59 Å². The molecule has 2 aromatic heterocycles. The van der Waals surface area contributed by atoms with Crippen LogP contribution in [0.2, 0.25) is 0 Å². The quantitative estimate of drug-likeness (QED) is 0.245. The number of nitrogens with one attached hydrogen (secondary N) is 3. The number of carbonyl (C=O) groups excluding carboxylic acids is 2. The number of imidazole rings is 2. The van der Waals surface area contributed by atoms with Gasteiger partial charge in [-0.25, -0.2) is 9.97 Å². The maximum Gasteiger partial charge on any atom is 0.253 e. The minimum atomic E-state index is -0.103. The minimum Gasteiger partial charge on any atom is -0.355 e. The number of benzene rings is 1. The van der Waals surface area contributed by atoms with Crippen LogP contribution in [-0.4, -0.2) is 98.8 Å². The summed E-state index contributed by atoms with van der Waals surface area (Å²) in [5.41, 5.74) is 1.90. The van der Waals surface area contributed by atoms with Crippen molar-refractivity contribution in [3.63, 3.8) is 0 Å². The van der Waals surface area contributed by atoms with E-state index in [1.807, 2.05) is 29.4 Å². The number of aromatic nitrogens is 4. The van der Waals surface area contributed by atoms with Gasteiger partial charge in [-0.3, -0.25) is 14.5 Å². The number of hydrogen-bond acceptors (Lipinski definition) is 6. The van der Waals surface area contributed by atoms with Gasteiger partial charge < -0.3 is 25.1 Å². The third kappa shape index (κ3) is 12.4. The lowest BCUT2D eigenvalue weighted by Gasteiger charge is -2.28. The van der Waals surface area contributed by atoms with E-state index in [0.717, 1.165) is 37.2 Å². The van der Waals surface area contributed by atoms with E-state index in [1.165, 1.54) is 64.2 Å². The van der Waals surface area contributed by atoms with E-state index in [0.29, 0.717) is 38.0 Å². The van der Waals surface area contributed by atoms with Gasteiger partial charge in [0.15, 0.2) is 0 Å². The second kappa shape index (κ2) is 18.5. The molecule has 10 nitrogen and oxygen atoms in total. The number of rotatable bonds is 14. The Bertz CT molecular complexity index is 1210. The van der Waals surface area contributed by atoms with Gasteiger partial charge in [-0.05, 0) is 81.4 Å². The molecule has 10 heteroatoms. The summed E-state index contributed by atoms with van der Waals surface area (Å²) in [5, 5.41) is 2.86. The summed E-state index contributed by atoms with van der Waals surface area (Å²) in [4.78, 5) is 47.9. The number of nitrogens with zero attached hydrogens (tertiary/aromatic N) is 5. The summed E-state index contributed by atoms with van der Waals surface area (Å²) in [5.74, 6) is 2.43. The zero-order chi connectivity index (χ0) is 31.9. The van der Waals surface area contributed by atoms with Crippen molar-refractivity contribution in [1.82, 2.24) is 40.0 Å². The van der Waals surface area contributed by atoms with Gasteiger partial charge >= 0.3 is 0 Å². The molecule has 3 N–H and O–H groups in total. The van der Waals surface area contributed by atoms with Crippen molar-refractivity contribution in [2.75, 3.05) is 52.4 Å². The number of aromatic amines is 2. The normalized spacial score (nSPS) is 15.7. The molecule has 1 aliphatic heterocycles. The van der Waals surface area contributed by atoms with Gasteiger partial charge in [-0.1, -0.05) is 32.4 Å². The van der Waals surface area contributed by atoms with E-state index in [4.69, 9.17) is 0 Å². The summed E-state index contributed by atoms with van der Waals surface area (Å²) in [6.45, 7) is 14.2. The van der Waals surface area contributed by atoms with Crippen LogP contribution in [0.15, 0.2) is 49.1 Å². The average Bonchev–Trinajstić information content (AvgIpc) is 3.71. The van der Waals surface area contributed by atoms with Gasteiger partial charge in [0.2, 0.25) is 5.91 Å². The Morgan fingerprint density at radius 3 is 1.98 bits per heavy atom. The molecule has 1 saturated heterocycles. The van der Waals surface area contributed by atoms with E-state index in [1.54, 1.807) is 12.4 Å².